The predicted molar refractivity (Wildman–Crippen MR) is 110 cm³/mol. The molecule has 0 aromatic heterocycles. The molecule has 0 bridgehead atoms. The van der Waals surface area contributed by atoms with E-state index in [0.29, 0.717) is 30.5 Å². The van der Waals surface area contributed by atoms with Gasteiger partial charge in [0.2, 0.25) is 5.60 Å². The van der Waals surface area contributed by atoms with Crippen molar-refractivity contribution in [1.82, 2.24) is 0 Å². The lowest BCUT2D eigenvalue weighted by atomic mass is 9.90. The summed E-state index contributed by atoms with van der Waals surface area (Å²) in [5, 5.41) is 10.8. The van der Waals surface area contributed by atoms with Crippen molar-refractivity contribution >= 4 is 34.8 Å². The highest BCUT2D eigenvalue weighted by molar-refractivity contribution is 6.31. The summed E-state index contributed by atoms with van der Waals surface area (Å²) in [5.74, 6) is -1.62. The molecule has 2 aromatic carbocycles. The molecule has 2 aromatic rings. The van der Waals surface area contributed by atoms with Crippen LogP contribution >= 0.6 is 11.6 Å². The molecule has 1 saturated heterocycles. The molecule has 30 heavy (non-hydrogen) atoms. The molecule has 1 N–H and O–H groups in total. The average Bonchev–Trinajstić information content (AvgIpc) is 3.04. The highest BCUT2D eigenvalue weighted by atomic mass is 35.5. The van der Waals surface area contributed by atoms with Crippen molar-refractivity contribution in [3.8, 4) is 0 Å². The summed E-state index contributed by atoms with van der Waals surface area (Å²) in [7, 11) is 0. The van der Waals surface area contributed by atoms with E-state index in [1.165, 1.54) is 17.0 Å². The maximum absolute atomic E-state index is 13.6. The van der Waals surface area contributed by atoms with Gasteiger partial charge in [0.05, 0.1) is 5.02 Å². The lowest BCUT2D eigenvalue weighted by Crippen LogP contribution is -2.47. The maximum atomic E-state index is 13.6. The molecule has 1 amide bonds. The van der Waals surface area contributed by atoms with Crippen LogP contribution < -0.4 is 4.90 Å². The molecule has 1 atom stereocenters. The first-order valence-electron chi connectivity index (χ1n) is 9.93. The summed E-state index contributed by atoms with van der Waals surface area (Å²) in [4.78, 5) is 38.7. The number of carbonyl (C=O) groups is 3. The number of nitrogens with zero attached hydrogens (tertiary/aromatic N) is 1. The van der Waals surface area contributed by atoms with Crippen molar-refractivity contribution in [3.05, 3.63) is 63.9 Å². The Hall–Kier alpha value is -2.57. The van der Waals surface area contributed by atoms with Crippen LogP contribution in [0.15, 0.2) is 36.4 Å². The molecule has 7 heteroatoms. The Bertz CT molecular complexity index is 1050. The molecule has 0 saturated carbocycles. The monoisotopic (exact) mass is 429 g/mol. The van der Waals surface area contributed by atoms with Gasteiger partial charge in [0, 0.05) is 37.9 Å². The number of hydrogen-bond acceptors (Lipinski definition) is 4. The molecule has 1 aliphatic carbocycles. The third kappa shape index (κ3) is 3.66. The second-order valence-electron chi connectivity index (χ2n) is 7.87. The van der Waals surface area contributed by atoms with E-state index in [1.54, 1.807) is 12.1 Å². The van der Waals surface area contributed by atoms with Gasteiger partial charge < -0.3 is 10.0 Å². The molecule has 1 aliphatic heterocycles. The molecule has 2 aliphatic rings. The van der Waals surface area contributed by atoms with Gasteiger partial charge in [0.25, 0.3) is 5.91 Å². The summed E-state index contributed by atoms with van der Waals surface area (Å²) in [6.45, 7) is 0.222. The van der Waals surface area contributed by atoms with Crippen LogP contribution in [0.1, 0.15) is 36.0 Å². The summed E-state index contributed by atoms with van der Waals surface area (Å²) in [5.41, 5.74) is 0.957. The number of ketones is 2. The second kappa shape index (κ2) is 7.93. The zero-order valence-corrected chi connectivity index (χ0v) is 17.0. The largest absolute Gasteiger partial charge is 0.373 e. The Morgan fingerprint density at radius 3 is 2.77 bits per heavy atom. The average molecular weight is 430 g/mol. The number of anilines is 1. The van der Waals surface area contributed by atoms with E-state index in [2.05, 4.69) is 0 Å². The normalized spacial score (nSPS) is 21.1. The second-order valence-corrected chi connectivity index (χ2v) is 8.25. The molecule has 1 heterocycles. The first-order chi connectivity index (χ1) is 14.3. The van der Waals surface area contributed by atoms with Crippen LogP contribution in [0.4, 0.5) is 10.1 Å². The zero-order chi connectivity index (χ0) is 21.5. The van der Waals surface area contributed by atoms with Crippen LogP contribution in [0.3, 0.4) is 0 Å². The fourth-order valence-electron chi connectivity index (χ4n) is 4.17. The van der Waals surface area contributed by atoms with E-state index in [1.807, 2.05) is 12.1 Å². The summed E-state index contributed by atoms with van der Waals surface area (Å²) < 4.78 is 13.6. The Morgan fingerprint density at radius 2 is 1.97 bits per heavy atom. The third-order valence-electron chi connectivity index (χ3n) is 5.97. The smallest absolute Gasteiger partial charge is 0.266 e. The van der Waals surface area contributed by atoms with Gasteiger partial charge in [-0.25, -0.2) is 4.39 Å². The highest BCUT2D eigenvalue weighted by Gasteiger charge is 2.50. The van der Waals surface area contributed by atoms with Gasteiger partial charge in [0.1, 0.15) is 11.6 Å². The van der Waals surface area contributed by atoms with Crippen LogP contribution in [-0.2, 0) is 33.6 Å². The fourth-order valence-corrected chi connectivity index (χ4v) is 4.39. The van der Waals surface area contributed by atoms with Crippen molar-refractivity contribution in [2.24, 2.45) is 0 Å². The maximum Gasteiger partial charge on any atom is 0.266 e. The summed E-state index contributed by atoms with van der Waals surface area (Å²) in [6, 6.07) is 9.79. The first-order valence-corrected chi connectivity index (χ1v) is 10.3. The van der Waals surface area contributed by atoms with E-state index >= 15 is 0 Å². The Kier molecular flexibility index (Phi) is 5.47. The molecule has 4 rings (SSSR count). The Balaban J connectivity index is 1.48. The number of benzene rings is 2. The van der Waals surface area contributed by atoms with Gasteiger partial charge in [-0.3, -0.25) is 14.4 Å². The lowest BCUT2D eigenvalue weighted by Gasteiger charge is -2.23. The van der Waals surface area contributed by atoms with Crippen LogP contribution in [0, 0.1) is 5.82 Å². The molecule has 0 unspecified atom stereocenters. The Labute approximate surface area is 178 Å². The summed E-state index contributed by atoms with van der Waals surface area (Å²) >= 11 is 5.92. The quantitative estimate of drug-likeness (QED) is 0.740. The number of hydrogen-bond donors (Lipinski definition) is 1. The van der Waals surface area contributed by atoms with Crippen molar-refractivity contribution in [1.29, 1.82) is 0 Å². The third-order valence-corrected chi connectivity index (χ3v) is 6.40. The number of carbonyl (C=O) groups excluding carboxylic acids is 3. The fraction of sp³-hybridized carbons (Fsp3) is 0.348. The summed E-state index contributed by atoms with van der Waals surface area (Å²) in [6.07, 6.45) is 1.52. The van der Waals surface area contributed by atoms with E-state index in [9.17, 15) is 23.9 Å². The van der Waals surface area contributed by atoms with Gasteiger partial charge in [-0.05, 0) is 47.7 Å². The molecular formula is C23H21ClFNO4. The molecule has 5 nitrogen and oxygen atoms in total. The Morgan fingerprint density at radius 1 is 1.17 bits per heavy atom. The van der Waals surface area contributed by atoms with Gasteiger partial charge in [0.15, 0.2) is 5.78 Å². The van der Waals surface area contributed by atoms with Crippen LogP contribution in [-0.4, -0.2) is 34.7 Å². The number of fused-ring (bicyclic) bond motifs is 1. The lowest BCUT2D eigenvalue weighted by molar-refractivity contribution is -0.147. The molecule has 0 radical (unpaired) electrons. The number of halogens is 2. The first kappa shape index (κ1) is 20.7. The number of rotatable bonds is 5. The SMILES string of the molecule is O=C1CCc2cc(N3CC[C@](O)(C(=O)CCc4cccc(F)c4Cl)C3=O)ccc2C1. The van der Waals surface area contributed by atoms with E-state index in [4.69, 9.17) is 11.6 Å². The van der Waals surface area contributed by atoms with E-state index < -0.39 is 23.1 Å². The van der Waals surface area contributed by atoms with E-state index in [-0.39, 0.29) is 36.6 Å². The van der Waals surface area contributed by atoms with Gasteiger partial charge in [-0.15, -0.1) is 0 Å². The number of aryl methyl sites for hydroxylation is 2. The van der Waals surface area contributed by atoms with Gasteiger partial charge in [-0.1, -0.05) is 29.8 Å². The van der Waals surface area contributed by atoms with Crippen molar-refractivity contribution in [2.75, 3.05) is 11.4 Å². The van der Waals surface area contributed by atoms with Gasteiger partial charge in [-0.2, -0.15) is 0 Å². The highest BCUT2D eigenvalue weighted by Crippen LogP contribution is 2.33. The molecule has 0 spiro atoms. The van der Waals surface area contributed by atoms with Gasteiger partial charge >= 0.3 is 0 Å². The van der Waals surface area contributed by atoms with E-state index in [0.717, 1.165) is 11.1 Å². The van der Waals surface area contributed by atoms with Crippen LogP contribution in [0.2, 0.25) is 5.02 Å². The van der Waals surface area contributed by atoms with Crippen molar-refractivity contribution in [2.45, 2.75) is 44.1 Å². The molecule has 1 fully saturated rings. The van der Waals surface area contributed by atoms with Crippen LogP contribution in [0.25, 0.3) is 0 Å². The minimum absolute atomic E-state index is 0.00286. The minimum Gasteiger partial charge on any atom is -0.373 e. The minimum atomic E-state index is -2.09. The van der Waals surface area contributed by atoms with Crippen LogP contribution in [0.5, 0.6) is 0 Å². The molecular weight excluding hydrogens is 409 g/mol. The van der Waals surface area contributed by atoms with Crippen molar-refractivity contribution in [3.63, 3.8) is 0 Å². The standard InChI is InChI=1S/C23H21ClFNO4/c24-21-14(2-1-3-19(21)25)6-9-20(28)23(30)10-11-26(22(23)29)17-7-4-16-13-18(27)8-5-15(16)12-17/h1-4,7,12,30H,5-6,8-11,13H2/t23-/m0/s1. The topological polar surface area (TPSA) is 74.7 Å². The number of aliphatic hydroxyl groups is 1. The molecule has 156 valence electrons. The number of amides is 1. The van der Waals surface area contributed by atoms with Crippen molar-refractivity contribution < 1.29 is 23.9 Å². The zero-order valence-electron chi connectivity index (χ0n) is 16.3. The predicted octanol–water partition coefficient (Wildman–Crippen LogP) is 3.21. The number of Topliss-reactive ketones (excluding diaryl/α,β-unsaturated/α-hetero) is 2.